The van der Waals surface area contributed by atoms with Crippen molar-refractivity contribution in [2.24, 2.45) is 0 Å². The average molecular weight is 390 g/mol. The van der Waals surface area contributed by atoms with Gasteiger partial charge in [0.05, 0.1) is 6.61 Å². The molecule has 0 radical (unpaired) electrons. The number of nitrogens with zero attached hydrogens (tertiary/aromatic N) is 2. The maximum atomic E-state index is 10.7. The van der Waals surface area contributed by atoms with E-state index in [2.05, 4.69) is 70.5 Å². The van der Waals surface area contributed by atoms with Crippen LogP contribution in [-0.4, -0.2) is 41.4 Å². The summed E-state index contributed by atoms with van der Waals surface area (Å²) in [6.45, 7) is -0.0401. The van der Waals surface area contributed by atoms with Gasteiger partial charge in [-0.1, -0.05) is 36.4 Å². The molecule has 0 bridgehead atoms. The van der Waals surface area contributed by atoms with Crippen molar-refractivity contribution in [3.05, 3.63) is 89.5 Å². The fourth-order valence-corrected chi connectivity index (χ4v) is 3.42. The van der Waals surface area contributed by atoms with E-state index >= 15 is 0 Å². The van der Waals surface area contributed by atoms with Gasteiger partial charge in [-0.2, -0.15) is 0 Å². The highest BCUT2D eigenvalue weighted by atomic mass is 16.5. The van der Waals surface area contributed by atoms with E-state index < -0.39 is 0 Å². The van der Waals surface area contributed by atoms with Crippen LogP contribution in [0.2, 0.25) is 0 Å². The molecule has 0 aliphatic heterocycles. The van der Waals surface area contributed by atoms with Crippen molar-refractivity contribution in [2.45, 2.75) is 5.92 Å². The topological polar surface area (TPSA) is 38.8 Å². The van der Waals surface area contributed by atoms with Gasteiger partial charge in [0.25, 0.3) is 0 Å². The van der Waals surface area contributed by atoms with Crippen LogP contribution in [0.25, 0.3) is 0 Å². The number of anilines is 2. The van der Waals surface area contributed by atoms with E-state index in [-0.39, 0.29) is 19.1 Å². The van der Waals surface area contributed by atoms with E-state index in [9.17, 15) is 5.11 Å². The molecule has 0 saturated heterocycles. The molecule has 0 aliphatic carbocycles. The minimum atomic E-state index is -0.235. The highest BCUT2D eigenvalue weighted by Crippen LogP contribution is 2.34. The fraction of sp³-hybridized carbons (Fsp3) is 0.280. The third kappa shape index (κ3) is 5.09. The first-order valence-electron chi connectivity index (χ1n) is 9.85. The zero-order valence-electron chi connectivity index (χ0n) is 17.6. The molecule has 0 N–H and O–H groups in total. The highest BCUT2D eigenvalue weighted by molar-refractivity contribution is 5.53. The Hall–Kier alpha value is -2.98. The Bertz CT molecular complexity index is 834. The van der Waals surface area contributed by atoms with Crippen molar-refractivity contribution in [3.8, 4) is 5.75 Å². The van der Waals surface area contributed by atoms with Crippen LogP contribution in [-0.2, 0) is 0 Å². The predicted molar refractivity (Wildman–Crippen MR) is 119 cm³/mol. The molecule has 3 aromatic carbocycles. The van der Waals surface area contributed by atoms with E-state index in [1.54, 1.807) is 0 Å². The summed E-state index contributed by atoms with van der Waals surface area (Å²) in [5.74, 6) is 0.852. The molecule has 152 valence electrons. The normalized spacial score (nSPS) is 10.8. The van der Waals surface area contributed by atoms with Gasteiger partial charge in [0.2, 0.25) is 0 Å². The summed E-state index contributed by atoms with van der Waals surface area (Å²) in [5.41, 5.74) is 6.02. The van der Waals surface area contributed by atoms with Crippen LogP contribution in [0.1, 0.15) is 22.6 Å². The largest absolute Gasteiger partial charge is 0.852 e. The quantitative estimate of drug-likeness (QED) is 0.550. The standard InChI is InChI=1S/C25H29N2O2/c1-26(2)22-11-5-19(6-12-22)25(20-7-13-23(14-8-20)27(3)4)21-9-15-24(16-10-21)29-18-17-28/h5-16,25H,17-18H2,1-4H3/q-1. The van der Waals surface area contributed by atoms with Crippen LogP contribution in [0.3, 0.4) is 0 Å². The van der Waals surface area contributed by atoms with Crippen molar-refractivity contribution in [1.29, 1.82) is 0 Å². The van der Waals surface area contributed by atoms with Crippen LogP contribution < -0.4 is 19.6 Å². The zero-order valence-corrected chi connectivity index (χ0v) is 17.6. The molecule has 4 nitrogen and oxygen atoms in total. The van der Waals surface area contributed by atoms with Gasteiger partial charge in [-0.25, -0.2) is 0 Å². The van der Waals surface area contributed by atoms with Crippen molar-refractivity contribution in [2.75, 3.05) is 51.2 Å². The molecule has 3 aromatic rings. The first-order valence-corrected chi connectivity index (χ1v) is 9.85. The molecule has 0 heterocycles. The SMILES string of the molecule is CN(C)c1ccc(C(c2ccc(OCC[O-])cc2)c2ccc(N(C)C)cc2)cc1. The van der Waals surface area contributed by atoms with Gasteiger partial charge in [0.1, 0.15) is 5.75 Å². The Morgan fingerprint density at radius 2 is 1.03 bits per heavy atom. The Balaban J connectivity index is 1.98. The molecule has 4 heteroatoms. The summed E-state index contributed by atoms with van der Waals surface area (Å²) < 4.78 is 5.46. The minimum Gasteiger partial charge on any atom is -0.852 e. The summed E-state index contributed by atoms with van der Waals surface area (Å²) in [6, 6.07) is 25.5. The monoisotopic (exact) mass is 389 g/mol. The van der Waals surface area contributed by atoms with Gasteiger partial charge in [0, 0.05) is 45.5 Å². The van der Waals surface area contributed by atoms with Gasteiger partial charge in [-0.3, -0.25) is 0 Å². The molecule has 0 saturated carbocycles. The summed E-state index contributed by atoms with van der Waals surface area (Å²) in [6.07, 6.45) is 0. The second-order valence-electron chi connectivity index (χ2n) is 7.53. The van der Waals surface area contributed by atoms with Crippen molar-refractivity contribution >= 4 is 11.4 Å². The molecular formula is C25H29N2O2-. The van der Waals surface area contributed by atoms with Crippen molar-refractivity contribution < 1.29 is 9.84 Å². The van der Waals surface area contributed by atoms with Gasteiger partial charge >= 0.3 is 0 Å². The third-order valence-corrected chi connectivity index (χ3v) is 5.05. The van der Waals surface area contributed by atoms with Crippen LogP contribution in [0.5, 0.6) is 5.75 Å². The molecule has 0 unspecified atom stereocenters. The van der Waals surface area contributed by atoms with Gasteiger partial charge in [0.15, 0.2) is 0 Å². The average Bonchev–Trinajstić information content (AvgIpc) is 2.74. The Morgan fingerprint density at radius 1 is 0.655 bits per heavy atom. The summed E-state index contributed by atoms with van der Waals surface area (Å²) in [5, 5.41) is 10.7. The van der Waals surface area contributed by atoms with Crippen molar-refractivity contribution in [3.63, 3.8) is 0 Å². The third-order valence-electron chi connectivity index (χ3n) is 5.05. The van der Waals surface area contributed by atoms with E-state index in [0.717, 1.165) is 5.75 Å². The summed E-state index contributed by atoms with van der Waals surface area (Å²) in [4.78, 5) is 4.21. The van der Waals surface area contributed by atoms with Crippen LogP contribution in [0.15, 0.2) is 72.8 Å². The molecule has 29 heavy (non-hydrogen) atoms. The second-order valence-corrected chi connectivity index (χ2v) is 7.53. The van der Waals surface area contributed by atoms with Crippen LogP contribution in [0, 0.1) is 0 Å². The molecule has 0 amide bonds. The Morgan fingerprint density at radius 3 is 1.38 bits per heavy atom. The van der Waals surface area contributed by atoms with Gasteiger partial charge < -0.3 is 19.6 Å². The lowest BCUT2D eigenvalue weighted by Crippen LogP contribution is -2.15. The highest BCUT2D eigenvalue weighted by Gasteiger charge is 2.17. The second kappa shape index (κ2) is 9.48. The van der Waals surface area contributed by atoms with E-state index in [4.69, 9.17) is 4.74 Å². The van der Waals surface area contributed by atoms with Crippen molar-refractivity contribution in [1.82, 2.24) is 0 Å². The molecular weight excluding hydrogens is 360 g/mol. The lowest BCUT2D eigenvalue weighted by atomic mass is 9.85. The van der Waals surface area contributed by atoms with E-state index in [0.29, 0.717) is 0 Å². The molecule has 0 spiro atoms. The zero-order chi connectivity index (χ0) is 20.8. The smallest absolute Gasteiger partial charge is 0.119 e. The molecule has 0 fully saturated rings. The van der Waals surface area contributed by atoms with Gasteiger partial charge in [-0.15, -0.1) is 6.61 Å². The summed E-state index contributed by atoms with van der Waals surface area (Å²) in [7, 11) is 8.19. The number of hydrogen-bond acceptors (Lipinski definition) is 4. The van der Waals surface area contributed by atoms with Crippen LogP contribution in [0.4, 0.5) is 11.4 Å². The first kappa shape index (κ1) is 20.7. The molecule has 0 aliphatic rings. The predicted octanol–water partition coefficient (Wildman–Crippen LogP) is 3.74. The van der Waals surface area contributed by atoms with E-state index in [1.807, 2.05) is 40.3 Å². The molecule has 0 atom stereocenters. The number of hydrogen-bond donors (Lipinski definition) is 0. The molecule has 3 rings (SSSR count). The Kier molecular flexibility index (Phi) is 6.78. The lowest BCUT2D eigenvalue weighted by Gasteiger charge is -2.22. The molecule has 0 aromatic heterocycles. The van der Waals surface area contributed by atoms with E-state index in [1.165, 1.54) is 28.1 Å². The number of benzene rings is 3. The maximum absolute atomic E-state index is 10.7. The minimum absolute atomic E-state index is 0.121. The lowest BCUT2D eigenvalue weighted by molar-refractivity contribution is -0.370. The first-order chi connectivity index (χ1) is 14.0. The fourth-order valence-electron chi connectivity index (χ4n) is 3.42. The Labute approximate surface area is 174 Å². The van der Waals surface area contributed by atoms with Gasteiger partial charge in [-0.05, 0) is 53.1 Å². The number of ether oxygens (including phenoxy) is 1. The summed E-state index contributed by atoms with van der Waals surface area (Å²) >= 11 is 0. The maximum Gasteiger partial charge on any atom is 0.119 e. The number of rotatable bonds is 8. The van der Waals surface area contributed by atoms with Crippen LogP contribution >= 0.6 is 0 Å².